The molecule has 4 N–H and O–H groups in total. The van der Waals surface area contributed by atoms with Crippen molar-refractivity contribution < 1.29 is 14.9 Å². The van der Waals surface area contributed by atoms with Crippen molar-refractivity contribution in [3.63, 3.8) is 0 Å². The van der Waals surface area contributed by atoms with E-state index in [1.165, 1.54) is 10.9 Å². The summed E-state index contributed by atoms with van der Waals surface area (Å²) >= 11 is 0. The summed E-state index contributed by atoms with van der Waals surface area (Å²) < 4.78 is 6.82. The molecule has 0 spiro atoms. The van der Waals surface area contributed by atoms with Crippen molar-refractivity contribution in [2.45, 2.75) is 24.9 Å². The molecule has 0 aromatic carbocycles. The van der Waals surface area contributed by atoms with Crippen molar-refractivity contribution >= 4 is 11.0 Å². The molecule has 1 aliphatic heterocycles. The largest absolute Gasteiger partial charge is 0.394 e. The molecule has 0 aliphatic carbocycles. The molecule has 0 bridgehead atoms. The van der Waals surface area contributed by atoms with Gasteiger partial charge in [0.1, 0.15) is 17.8 Å². The van der Waals surface area contributed by atoms with Crippen LogP contribution in [-0.2, 0) is 4.74 Å². The number of aliphatic hydroxyl groups is 2. The highest BCUT2D eigenvalue weighted by molar-refractivity contribution is 5.72. The average molecular weight is 268 g/mol. The Kier molecular flexibility index (Phi) is 2.73. The summed E-state index contributed by atoms with van der Waals surface area (Å²) in [7, 11) is 0. The van der Waals surface area contributed by atoms with Gasteiger partial charge in [-0.05, 0) is 0 Å². The van der Waals surface area contributed by atoms with Gasteiger partial charge < -0.3 is 14.9 Å². The first-order valence-corrected chi connectivity index (χ1v) is 5.73. The van der Waals surface area contributed by atoms with E-state index in [0.29, 0.717) is 0 Å². The molecule has 3 heterocycles. The monoisotopic (exact) mass is 268 g/mol. The van der Waals surface area contributed by atoms with Crippen LogP contribution in [0.4, 0.5) is 0 Å². The van der Waals surface area contributed by atoms with Gasteiger partial charge in [-0.1, -0.05) is 0 Å². The third kappa shape index (κ3) is 1.79. The molecule has 9 nitrogen and oxygen atoms in total. The van der Waals surface area contributed by atoms with E-state index in [1.807, 2.05) is 0 Å². The fourth-order valence-electron chi connectivity index (χ4n) is 2.25. The summed E-state index contributed by atoms with van der Waals surface area (Å²) in [5.41, 5.74) is -0.919. The van der Waals surface area contributed by atoms with Gasteiger partial charge in [-0.25, -0.2) is 4.98 Å². The van der Waals surface area contributed by atoms with Crippen LogP contribution in [0.5, 0.6) is 0 Å². The maximum Gasteiger partial charge on any atom is 0.290 e. The lowest BCUT2D eigenvalue weighted by Gasteiger charge is -2.13. The van der Waals surface area contributed by atoms with E-state index in [4.69, 9.17) is 9.84 Å². The highest BCUT2D eigenvalue weighted by Crippen LogP contribution is 2.29. The van der Waals surface area contributed by atoms with E-state index in [9.17, 15) is 14.7 Å². The molecule has 1 fully saturated rings. The van der Waals surface area contributed by atoms with Crippen molar-refractivity contribution in [3.8, 4) is 0 Å². The van der Waals surface area contributed by atoms with Crippen molar-refractivity contribution in [1.29, 1.82) is 0 Å². The number of aromatic amines is 2. The summed E-state index contributed by atoms with van der Waals surface area (Å²) in [6, 6.07) is 0. The summed E-state index contributed by atoms with van der Waals surface area (Å²) in [4.78, 5) is 27.1. The first-order valence-electron chi connectivity index (χ1n) is 5.73. The minimum absolute atomic E-state index is 0.00860. The second-order valence-electron chi connectivity index (χ2n) is 4.37. The number of H-pyrrole nitrogens is 2. The van der Waals surface area contributed by atoms with Gasteiger partial charge in [0, 0.05) is 6.42 Å². The second-order valence-corrected chi connectivity index (χ2v) is 4.37. The van der Waals surface area contributed by atoms with Gasteiger partial charge in [0.25, 0.3) is 11.1 Å². The lowest BCUT2D eigenvalue weighted by molar-refractivity contribution is -0.0431. The molecule has 19 heavy (non-hydrogen) atoms. The maximum atomic E-state index is 11.7. The molecular formula is C10H12N4O5. The van der Waals surface area contributed by atoms with Crippen LogP contribution in [0.1, 0.15) is 12.6 Å². The Bertz CT molecular complexity index is 717. The topological polar surface area (TPSA) is 133 Å². The molecule has 102 valence electrons. The number of nitrogens with one attached hydrogen (secondary N) is 2. The fraction of sp³-hybridized carbons (Fsp3) is 0.500. The number of hydrogen-bond donors (Lipinski definition) is 4. The van der Waals surface area contributed by atoms with E-state index in [-0.39, 0.29) is 24.1 Å². The zero-order chi connectivity index (χ0) is 13.6. The number of aliphatic hydroxyl groups excluding tert-OH is 2. The average Bonchev–Trinajstić information content (AvgIpc) is 2.97. The Morgan fingerprint density at radius 2 is 2.16 bits per heavy atom. The number of rotatable bonds is 2. The van der Waals surface area contributed by atoms with Crippen LogP contribution < -0.4 is 11.1 Å². The van der Waals surface area contributed by atoms with E-state index in [0.717, 1.165) is 0 Å². The Hall–Kier alpha value is -1.97. The Morgan fingerprint density at radius 3 is 2.84 bits per heavy atom. The summed E-state index contributed by atoms with van der Waals surface area (Å²) in [6.07, 6.45) is -0.646. The Morgan fingerprint density at radius 1 is 1.42 bits per heavy atom. The van der Waals surface area contributed by atoms with E-state index in [1.54, 1.807) is 0 Å². The van der Waals surface area contributed by atoms with Gasteiger partial charge in [-0.2, -0.15) is 0 Å². The van der Waals surface area contributed by atoms with Crippen LogP contribution >= 0.6 is 0 Å². The molecule has 2 aromatic rings. The van der Waals surface area contributed by atoms with Crippen LogP contribution in [-0.4, -0.2) is 48.8 Å². The second kappa shape index (κ2) is 4.30. The van der Waals surface area contributed by atoms with Crippen molar-refractivity contribution in [2.24, 2.45) is 0 Å². The van der Waals surface area contributed by atoms with Crippen LogP contribution in [0.3, 0.4) is 0 Å². The zero-order valence-electron chi connectivity index (χ0n) is 9.74. The van der Waals surface area contributed by atoms with Crippen LogP contribution in [0.2, 0.25) is 0 Å². The molecule has 1 saturated heterocycles. The number of nitrogens with zero attached hydrogens (tertiary/aromatic N) is 2. The normalized spacial score (nSPS) is 27.2. The van der Waals surface area contributed by atoms with Gasteiger partial charge in [0.2, 0.25) is 0 Å². The summed E-state index contributed by atoms with van der Waals surface area (Å²) in [5, 5.41) is 23.1. The van der Waals surface area contributed by atoms with Gasteiger partial charge >= 0.3 is 0 Å². The van der Waals surface area contributed by atoms with Crippen molar-refractivity contribution in [2.75, 3.05) is 6.61 Å². The van der Waals surface area contributed by atoms with E-state index >= 15 is 0 Å². The predicted molar refractivity (Wildman–Crippen MR) is 62.6 cm³/mol. The van der Waals surface area contributed by atoms with Crippen molar-refractivity contribution in [1.82, 2.24) is 19.7 Å². The van der Waals surface area contributed by atoms with E-state index in [2.05, 4.69) is 15.2 Å². The standard InChI is InChI=1S/C10H12N4O5/c15-2-5-4(16)1-6(19-5)14-3-11-7-8(14)10(18)13-12-9(7)17/h3-6,15-16H,1-2H2,(H,12,17)(H,13,18)/t4-,5+,6+/m0/s1. The Balaban J connectivity index is 2.10. The molecule has 0 radical (unpaired) electrons. The lowest BCUT2D eigenvalue weighted by atomic mass is 10.2. The third-order valence-corrected chi connectivity index (χ3v) is 3.21. The molecule has 9 heteroatoms. The minimum Gasteiger partial charge on any atom is -0.394 e. The number of ether oxygens (including phenoxy) is 1. The predicted octanol–water partition coefficient (Wildman–Crippen LogP) is -1.95. The van der Waals surface area contributed by atoms with Gasteiger partial charge in [0.05, 0.1) is 19.0 Å². The lowest BCUT2D eigenvalue weighted by Crippen LogP contribution is -2.24. The fourth-order valence-corrected chi connectivity index (χ4v) is 2.25. The summed E-state index contributed by atoms with van der Waals surface area (Å²) in [6.45, 7) is -0.318. The minimum atomic E-state index is -0.825. The highest BCUT2D eigenvalue weighted by Gasteiger charge is 2.35. The molecule has 2 aromatic heterocycles. The maximum absolute atomic E-state index is 11.7. The molecule has 3 rings (SSSR count). The zero-order valence-corrected chi connectivity index (χ0v) is 9.74. The van der Waals surface area contributed by atoms with Gasteiger partial charge in [-0.3, -0.25) is 24.4 Å². The molecule has 0 amide bonds. The van der Waals surface area contributed by atoms with Gasteiger partial charge in [0.15, 0.2) is 5.52 Å². The van der Waals surface area contributed by atoms with E-state index < -0.39 is 29.6 Å². The number of imidazole rings is 1. The number of hydrogen-bond acceptors (Lipinski definition) is 6. The molecule has 0 saturated carbocycles. The van der Waals surface area contributed by atoms with Gasteiger partial charge in [-0.15, -0.1) is 0 Å². The van der Waals surface area contributed by atoms with Crippen molar-refractivity contribution in [3.05, 3.63) is 27.0 Å². The quantitative estimate of drug-likeness (QED) is 0.500. The third-order valence-electron chi connectivity index (χ3n) is 3.21. The highest BCUT2D eigenvalue weighted by atomic mass is 16.5. The van der Waals surface area contributed by atoms with Crippen LogP contribution in [0.15, 0.2) is 15.9 Å². The Labute approximate surface area is 105 Å². The smallest absolute Gasteiger partial charge is 0.290 e. The molecular weight excluding hydrogens is 256 g/mol. The first kappa shape index (κ1) is 12.1. The number of fused-ring (bicyclic) bond motifs is 1. The molecule has 3 atom stereocenters. The summed E-state index contributed by atoms with van der Waals surface area (Å²) in [5.74, 6) is 0. The van der Waals surface area contributed by atoms with Crippen LogP contribution in [0, 0.1) is 0 Å². The number of aromatic nitrogens is 4. The molecule has 1 aliphatic rings. The van der Waals surface area contributed by atoms with Crippen LogP contribution in [0.25, 0.3) is 11.0 Å². The first-order chi connectivity index (χ1) is 9.11. The molecule has 0 unspecified atom stereocenters. The SMILES string of the molecule is O=c1[nH][nH]c(=O)c2c1ncn2[C@H]1C[C@H](O)[C@@H](CO)O1.